The fourth-order valence-electron chi connectivity index (χ4n) is 0.448. The zero-order valence-corrected chi connectivity index (χ0v) is 6.06. The van der Waals surface area contributed by atoms with E-state index in [0.29, 0.717) is 5.70 Å². The van der Waals surface area contributed by atoms with Gasteiger partial charge in [-0.3, -0.25) is 4.79 Å². The van der Waals surface area contributed by atoms with Crippen molar-refractivity contribution in [1.29, 1.82) is 0 Å². The molecule has 1 amide bonds. The normalized spacial score (nSPS) is 10.8. The van der Waals surface area contributed by atoms with Gasteiger partial charge in [0.25, 0.3) is 5.91 Å². The second kappa shape index (κ2) is 4.63. The summed E-state index contributed by atoms with van der Waals surface area (Å²) in [5, 5.41) is 2.67. The molecule has 0 aliphatic carbocycles. The van der Waals surface area contributed by atoms with E-state index in [0.717, 1.165) is 0 Å². The Hall–Kier alpha value is -1.23. The van der Waals surface area contributed by atoms with Crippen LogP contribution in [0.3, 0.4) is 0 Å². The quantitative estimate of drug-likeness (QED) is 0.279. The highest BCUT2D eigenvalue weighted by atomic mass is 16.1. The molecule has 0 fully saturated rings. The zero-order valence-electron chi connectivity index (χ0n) is 6.06. The molecule has 5 N–H and O–H groups in total. The van der Waals surface area contributed by atoms with E-state index < -0.39 is 5.91 Å². The van der Waals surface area contributed by atoms with E-state index in [-0.39, 0.29) is 0 Å². The number of hydrogen-bond acceptors (Lipinski definition) is 4. The van der Waals surface area contributed by atoms with Gasteiger partial charge in [0, 0.05) is 20.3 Å². The highest BCUT2D eigenvalue weighted by molar-refractivity contribution is 5.90. The van der Waals surface area contributed by atoms with E-state index >= 15 is 0 Å². The van der Waals surface area contributed by atoms with Crippen molar-refractivity contribution in [3.63, 3.8) is 0 Å². The molecule has 58 valence electrons. The Labute approximate surface area is 59.6 Å². The van der Waals surface area contributed by atoms with Crippen molar-refractivity contribution >= 4 is 5.91 Å². The molecule has 5 nitrogen and oxygen atoms in total. The summed E-state index contributed by atoms with van der Waals surface area (Å²) in [7, 11) is 3.33. The van der Waals surface area contributed by atoms with Gasteiger partial charge in [-0.05, 0) is 0 Å². The number of rotatable bonds is 4. The largest absolute Gasteiger partial charge is 0.392 e. The number of primary amides is 1. The lowest BCUT2D eigenvalue weighted by Crippen LogP contribution is -2.35. The van der Waals surface area contributed by atoms with E-state index in [4.69, 9.17) is 5.73 Å². The fraction of sp³-hybridized carbons (Fsp3) is 0.400. The minimum atomic E-state index is -0.510. The molecule has 0 atom stereocenters. The van der Waals surface area contributed by atoms with E-state index in [2.05, 4.69) is 16.2 Å². The summed E-state index contributed by atoms with van der Waals surface area (Å²) < 4.78 is 0. The van der Waals surface area contributed by atoms with Gasteiger partial charge in [0.05, 0.1) is 0 Å². The Morgan fingerprint density at radius 3 is 2.40 bits per heavy atom. The van der Waals surface area contributed by atoms with Crippen LogP contribution in [-0.2, 0) is 4.79 Å². The first kappa shape index (κ1) is 8.77. The molecule has 0 spiro atoms. The van der Waals surface area contributed by atoms with Gasteiger partial charge in [-0.15, -0.1) is 0 Å². The zero-order chi connectivity index (χ0) is 7.98. The molecule has 0 aliphatic rings. The molecular weight excluding hydrogens is 132 g/mol. The van der Waals surface area contributed by atoms with Gasteiger partial charge in [0.1, 0.15) is 5.70 Å². The highest BCUT2D eigenvalue weighted by Crippen LogP contribution is 1.79. The lowest BCUT2D eigenvalue weighted by molar-refractivity contribution is -0.115. The molecular formula is C5H12N4O. The highest BCUT2D eigenvalue weighted by Gasteiger charge is 1.99. The number of nitrogens with two attached hydrogens (primary N) is 1. The molecule has 0 bridgehead atoms. The van der Waals surface area contributed by atoms with Gasteiger partial charge in [0.15, 0.2) is 0 Å². The summed E-state index contributed by atoms with van der Waals surface area (Å²) in [5.74, 6) is -0.510. The molecule has 0 rings (SSSR count). The van der Waals surface area contributed by atoms with Crippen LogP contribution in [0.4, 0.5) is 0 Å². The second-order valence-electron chi connectivity index (χ2n) is 1.59. The van der Waals surface area contributed by atoms with E-state index in [9.17, 15) is 4.79 Å². The van der Waals surface area contributed by atoms with Gasteiger partial charge in [-0.2, -0.15) is 0 Å². The monoisotopic (exact) mass is 144 g/mol. The standard InChI is InChI=1S/C5H12N4O/c1-7-3-4(5(6)10)9-8-2/h3,7-9H,1-2H3,(H2,6,10)/b4-3-. The van der Waals surface area contributed by atoms with Crippen LogP contribution < -0.4 is 21.9 Å². The number of carbonyl (C=O) groups excluding carboxylic acids is 1. The third-order valence-electron chi connectivity index (χ3n) is 0.814. The number of nitrogens with one attached hydrogen (secondary N) is 3. The molecule has 0 heterocycles. The Bertz CT molecular complexity index is 143. The minimum absolute atomic E-state index is 0.296. The average Bonchev–Trinajstić information content (AvgIpc) is 1.87. The van der Waals surface area contributed by atoms with Crippen LogP contribution in [0.1, 0.15) is 0 Å². The predicted molar refractivity (Wildman–Crippen MR) is 38.5 cm³/mol. The molecule has 0 saturated carbocycles. The van der Waals surface area contributed by atoms with Crippen LogP contribution in [0.5, 0.6) is 0 Å². The van der Waals surface area contributed by atoms with Gasteiger partial charge in [-0.1, -0.05) is 0 Å². The van der Waals surface area contributed by atoms with Gasteiger partial charge in [-0.25, -0.2) is 5.43 Å². The predicted octanol–water partition coefficient (Wildman–Crippen LogP) is -1.74. The number of carbonyl (C=O) groups is 1. The van der Waals surface area contributed by atoms with Crippen molar-refractivity contribution in [3.05, 3.63) is 11.9 Å². The maximum absolute atomic E-state index is 10.5. The van der Waals surface area contributed by atoms with Gasteiger partial charge in [0.2, 0.25) is 0 Å². The van der Waals surface area contributed by atoms with Crippen LogP contribution in [0, 0.1) is 0 Å². The first-order chi connectivity index (χ1) is 4.72. The second-order valence-corrected chi connectivity index (χ2v) is 1.59. The van der Waals surface area contributed by atoms with Crippen LogP contribution in [0.25, 0.3) is 0 Å². The molecule has 0 radical (unpaired) electrons. The summed E-state index contributed by atoms with van der Waals surface area (Å²) in [4.78, 5) is 10.5. The molecule has 0 aromatic rings. The van der Waals surface area contributed by atoms with E-state index in [1.807, 2.05) is 0 Å². The number of hydrogen-bond donors (Lipinski definition) is 4. The van der Waals surface area contributed by atoms with Crippen molar-refractivity contribution in [1.82, 2.24) is 16.2 Å². The summed E-state index contributed by atoms with van der Waals surface area (Å²) in [6.07, 6.45) is 1.47. The Kier molecular flexibility index (Phi) is 4.06. The summed E-state index contributed by atoms with van der Waals surface area (Å²) in [6.45, 7) is 0. The Balaban J connectivity index is 3.98. The van der Waals surface area contributed by atoms with Crippen molar-refractivity contribution < 1.29 is 4.79 Å². The number of hydrazine groups is 1. The van der Waals surface area contributed by atoms with Crippen LogP contribution in [-0.4, -0.2) is 20.0 Å². The van der Waals surface area contributed by atoms with Crippen LogP contribution in [0.15, 0.2) is 11.9 Å². The van der Waals surface area contributed by atoms with Crippen LogP contribution in [0.2, 0.25) is 0 Å². The van der Waals surface area contributed by atoms with Crippen molar-refractivity contribution in [3.8, 4) is 0 Å². The lowest BCUT2D eigenvalue weighted by atomic mass is 10.5. The maximum atomic E-state index is 10.5. The molecule has 0 saturated heterocycles. The summed E-state index contributed by atoms with van der Waals surface area (Å²) in [5.41, 5.74) is 10.4. The van der Waals surface area contributed by atoms with Gasteiger partial charge >= 0.3 is 0 Å². The topological polar surface area (TPSA) is 79.2 Å². The third kappa shape index (κ3) is 2.93. The van der Waals surface area contributed by atoms with E-state index in [1.54, 1.807) is 14.1 Å². The van der Waals surface area contributed by atoms with E-state index in [1.165, 1.54) is 6.20 Å². The smallest absolute Gasteiger partial charge is 0.267 e. The SMILES string of the molecule is CN/C=C(\NNC)C(N)=O. The maximum Gasteiger partial charge on any atom is 0.267 e. The summed E-state index contributed by atoms with van der Waals surface area (Å²) in [6, 6.07) is 0. The van der Waals surface area contributed by atoms with Crippen molar-refractivity contribution in [2.24, 2.45) is 5.73 Å². The number of amides is 1. The van der Waals surface area contributed by atoms with Gasteiger partial charge < -0.3 is 16.5 Å². The first-order valence-electron chi connectivity index (χ1n) is 2.82. The fourth-order valence-corrected chi connectivity index (χ4v) is 0.448. The minimum Gasteiger partial charge on any atom is -0.392 e. The van der Waals surface area contributed by atoms with Crippen molar-refractivity contribution in [2.45, 2.75) is 0 Å². The lowest BCUT2D eigenvalue weighted by Gasteiger charge is -2.04. The molecule has 5 heteroatoms. The molecule has 0 aliphatic heterocycles. The van der Waals surface area contributed by atoms with Crippen molar-refractivity contribution in [2.75, 3.05) is 14.1 Å². The molecule has 0 aromatic heterocycles. The average molecular weight is 144 g/mol. The molecule has 0 unspecified atom stereocenters. The first-order valence-corrected chi connectivity index (χ1v) is 2.82. The van der Waals surface area contributed by atoms with Crippen LogP contribution >= 0.6 is 0 Å². The Morgan fingerprint density at radius 1 is 1.50 bits per heavy atom. The Morgan fingerprint density at radius 2 is 2.10 bits per heavy atom. The summed E-state index contributed by atoms with van der Waals surface area (Å²) >= 11 is 0. The third-order valence-corrected chi connectivity index (χ3v) is 0.814. The molecule has 10 heavy (non-hydrogen) atoms. The molecule has 0 aromatic carbocycles.